The van der Waals surface area contributed by atoms with Gasteiger partial charge in [-0.25, -0.2) is 9.79 Å². The van der Waals surface area contributed by atoms with Crippen molar-refractivity contribution in [3.8, 4) is 29.6 Å². The van der Waals surface area contributed by atoms with Crippen LogP contribution in [-0.2, 0) is 9.53 Å². The minimum Gasteiger partial charge on any atom is -0.496 e. The smallest absolute Gasteiger partial charge is 0.338 e. The molecule has 1 aliphatic heterocycles. The van der Waals surface area contributed by atoms with E-state index in [4.69, 9.17) is 37.0 Å². The fraction of sp³-hybridized carbons (Fsp3) is 0.250. The van der Waals surface area contributed by atoms with Crippen molar-refractivity contribution in [2.24, 2.45) is 4.99 Å². The molecule has 3 aromatic rings. The number of esters is 1. The molecule has 0 N–H and O–H groups in total. The number of hydrogen-bond donors (Lipinski definition) is 0. The second-order valence-corrected chi connectivity index (χ2v) is 10.5. The lowest BCUT2D eigenvalue weighted by Crippen LogP contribution is -2.40. The highest BCUT2D eigenvalue weighted by atomic mass is 79.9. The van der Waals surface area contributed by atoms with Gasteiger partial charge in [-0.1, -0.05) is 34.9 Å². The molecule has 0 aliphatic carbocycles. The van der Waals surface area contributed by atoms with Crippen LogP contribution in [0.15, 0.2) is 55.9 Å². The van der Waals surface area contributed by atoms with Crippen LogP contribution in [0.2, 0.25) is 5.02 Å². The molecule has 8 nitrogen and oxygen atoms in total. The van der Waals surface area contributed by atoms with Gasteiger partial charge < -0.3 is 18.9 Å². The first-order valence-corrected chi connectivity index (χ1v) is 13.7. The van der Waals surface area contributed by atoms with E-state index in [0.29, 0.717) is 47.9 Å². The number of carbonyl (C=O) groups excluding carboxylic acids is 1. The van der Waals surface area contributed by atoms with E-state index in [2.05, 4.69) is 26.8 Å². The van der Waals surface area contributed by atoms with E-state index in [1.165, 1.54) is 23.0 Å². The number of fused-ring (bicyclic) bond motifs is 1. The zero-order chi connectivity index (χ0) is 28.3. The summed E-state index contributed by atoms with van der Waals surface area (Å²) in [6, 6.07) is 7.99. The Kier molecular flexibility index (Phi) is 8.85. The molecule has 0 radical (unpaired) electrons. The molecule has 0 spiro atoms. The maximum atomic E-state index is 13.9. The fourth-order valence-electron chi connectivity index (χ4n) is 4.19. The van der Waals surface area contributed by atoms with Crippen molar-refractivity contribution in [1.82, 2.24) is 4.57 Å². The van der Waals surface area contributed by atoms with Gasteiger partial charge in [0.15, 0.2) is 16.3 Å². The summed E-state index contributed by atoms with van der Waals surface area (Å²) in [7, 11) is 3.05. The highest BCUT2D eigenvalue weighted by molar-refractivity contribution is 9.10. The van der Waals surface area contributed by atoms with Gasteiger partial charge in [0.2, 0.25) is 0 Å². The van der Waals surface area contributed by atoms with Crippen LogP contribution >= 0.6 is 38.9 Å². The number of aromatic nitrogens is 1. The van der Waals surface area contributed by atoms with Gasteiger partial charge >= 0.3 is 5.97 Å². The fourth-order valence-corrected chi connectivity index (χ4v) is 6.07. The van der Waals surface area contributed by atoms with Crippen molar-refractivity contribution in [2.75, 3.05) is 27.4 Å². The van der Waals surface area contributed by atoms with Crippen LogP contribution in [0.1, 0.15) is 31.0 Å². The molecule has 0 unspecified atom stereocenters. The predicted octanol–water partition coefficient (Wildman–Crippen LogP) is 4.24. The first kappa shape index (κ1) is 28.5. The van der Waals surface area contributed by atoms with Crippen molar-refractivity contribution in [2.45, 2.75) is 19.9 Å². The van der Waals surface area contributed by atoms with E-state index in [1.807, 2.05) is 12.1 Å². The largest absolute Gasteiger partial charge is 0.496 e. The number of methoxy groups -OCH3 is 2. The number of hydrogen-bond acceptors (Lipinski definition) is 8. The van der Waals surface area contributed by atoms with Crippen molar-refractivity contribution in [3.05, 3.63) is 81.9 Å². The number of ether oxygens (including phenoxy) is 4. The third-order valence-corrected chi connectivity index (χ3v) is 7.74. The van der Waals surface area contributed by atoms with Crippen LogP contribution in [0.25, 0.3) is 6.08 Å². The summed E-state index contributed by atoms with van der Waals surface area (Å²) >= 11 is 11.1. The average molecular weight is 632 g/mol. The molecule has 1 atom stereocenters. The summed E-state index contributed by atoms with van der Waals surface area (Å²) in [4.78, 5) is 32.0. The number of thiazole rings is 1. The quantitative estimate of drug-likeness (QED) is 0.273. The lowest BCUT2D eigenvalue weighted by molar-refractivity contribution is -0.139. The number of carbonyl (C=O) groups is 1. The third kappa shape index (κ3) is 5.62. The summed E-state index contributed by atoms with van der Waals surface area (Å²) in [5.74, 6) is 3.16. The first-order valence-electron chi connectivity index (χ1n) is 11.7. The summed E-state index contributed by atoms with van der Waals surface area (Å²) in [6.45, 7) is 3.67. The Hall–Kier alpha value is -3.52. The van der Waals surface area contributed by atoms with Crippen LogP contribution in [0.5, 0.6) is 17.2 Å². The summed E-state index contributed by atoms with van der Waals surface area (Å²) in [6.07, 6.45) is 6.98. The topological polar surface area (TPSA) is 88.4 Å². The highest BCUT2D eigenvalue weighted by Crippen LogP contribution is 2.37. The second kappa shape index (κ2) is 12.1. The normalized spacial score (nSPS) is 14.8. The molecule has 0 saturated carbocycles. The molecular formula is C28H24BrClN2O6S. The molecule has 0 bridgehead atoms. The lowest BCUT2D eigenvalue weighted by atomic mass is 9.96. The standard InChI is InChI=1S/C28H24BrClN2O6S/c1-6-10-38-25-19(30)11-16(12-21(25)36-5)13-22-26(33)32-24(17-8-9-20(35-4)18(29)14-17)23(27(34)37-7-2)15(3)31-28(32)39-22/h1,8-9,11-14,24H,7,10H2,2-5H3/b22-13+/t24-/m1/s1. The van der Waals surface area contributed by atoms with Crippen molar-refractivity contribution >= 4 is 50.9 Å². The molecule has 1 aliphatic rings. The van der Waals surface area contributed by atoms with Crippen LogP contribution < -0.4 is 29.1 Å². The highest BCUT2D eigenvalue weighted by Gasteiger charge is 2.33. The van der Waals surface area contributed by atoms with Gasteiger partial charge in [0, 0.05) is 0 Å². The average Bonchev–Trinajstić information content (AvgIpc) is 3.20. The second-order valence-electron chi connectivity index (χ2n) is 8.22. The molecule has 0 amide bonds. The van der Waals surface area contributed by atoms with Gasteiger partial charge in [-0.2, -0.15) is 0 Å². The maximum absolute atomic E-state index is 13.9. The zero-order valence-electron chi connectivity index (χ0n) is 21.5. The minimum atomic E-state index is -0.762. The Bertz CT molecular complexity index is 1700. The number of benzene rings is 2. The number of terminal acetylenes is 1. The number of nitrogens with zero attached hydrogens (tertiary/aromatic N) is 2. The summed E-state index contributed by atoms with van der Waals surface area (Å²) < 4.78 is 24.2. The molecule has 2 aromatic carbocycles. The number of halogens is 2. The van der Waals surface area contributed by atoms with E-state index < -0.39 is 12.0 Å². The molecule has 1 aromatic heterocycles. The molecule has 11 heteroatoms. The molecule has 0 fully saturated rings. The molecule has 202 valence electrons. The number of allylic oxidation sites excluding steroid dienone is 1. The zero-order valence-corrected chi connectivity index (χ0v) is 24.7. The van der Waals surface area contributed by atoms with Crippen LogP contribution in [-0.4, -0.2) is 38.0 Å². The van der Waals surface area contributed by atoms with Gasteiger partial charge in [-0.05, 0) is 71.2 Å². The summed E-state index contributed by atoms with van der Waals surface area (Å²) in [5.41, 5.74) is 1.73. The Morgan fingerprint density at radius 3 is 2.64 bits per heavy atom. The summed E-state index contributed by atoms with van der Waals surface area (Å²) in [5, 5.41) is 0.282. The van der Waals surface area contributed by atoms with Crippen molar-refractivity contribution < 1.29 is 23.7 Å². The molecule has 0 saturated heterocycles. The van der Waals surface area contributed by atoms with Gasteiger partial charge in [-0.3, -0.25) is 9.36 Å². The van der Waals surface area contributed by atoms with Crippen LogP contribution in [0.3, 0.4) is 0 Å². The Morgan fingerprint density at radius 2 is 2.00 bits per heavy atom. The van der Waals surface area contributed by atoms with E-state index >= 15 is 0 Å². The lowest BCUT2D eigenvalue weighted by Gasteiger charge is -2.25. The van der Waals surface area contributed by atoms with Crippen molar-refractivity contribution in [1.29, 1.82) is 0 Å². The minimum absolute atomic E-state index is 0.0254. The first-order chi connectivity index (χ1) is 18.7. The number of rotatable bonds is 8. The Morgan fingerprint density at radius 1 is 1.26 bits per heavy atom. The van der Waals surface area contributed by atoms with Gasteiger partial charge in [0.05, 0.1) is 52.2 Å². The van der Waals surface area contributed by atoms with E-state index in [-0.39, 0.29) is 29.4 Å². The monoisotopic (exact) mass is 630 g/mol. The van der Waals surface area contributed by atoms with E-state index in [9.17, 15) is 9.59 Å². The molecule has 2 heterocycles. The predicted molar refractivity (Wildman–Crippen MR) is 153 cm³/mol. The molecular weight excluding hydrogens is 608 g/mol. The van der Waals surface area contributed by atoms with Gasteiger partial charge in [0.1, 0.15) is 12.4 Å². The molecule has 39 heavy (non-hydrogen) atoms. The van der Waals surface area contributed by atoms with Gasteiger partial charge in [-0.15, -0.1) is 6.42 Å². The Labute approximate surface area is 242 Å². The maximum Gasteiger partial charge on any atom is 0.338 e. The van der Waals surface area contributed by atoms with Gasteiger partial charge in [0.25, 0.3) is 5.56 Å². The van der Waals surface area contributed by atoms with E-state index in [1.54, 1.807) is 45.2 Å². The van der Waals surface area contributed by atoms with Crippen LogP contribution in [0, 0.1) is 12.3 Å². The van der Waals surface area contributed by atoms with Crippen molar-refractivity contribution in [3.63, 3.8) is 0 Å². The Balaban J connectivity index is 1.92. The van der Waals surface area contributed by atoms with E-state index in [0.717, 1.165) is 0 Å². The van der Waals surface area contributed by atoms with Crippen LogP contribution in [0.4, 0.5) is 0 Å². The molecule has 4 rings (SSSR count). The third-order valence-electron chi connectivity index (χ3n) is 5.86. The SMILES string of the molecule is C#CCOc1c(Cl)cc(/C=c2/sc3n(c2=O)[C@H](c2ccc(OC)c(Br)c2)C(C(=O)OCC)=C(C)N=3)cc1OC.